The zero-order valence-electron chi connectivity index (χ0n) is 16.3. The van der Waals surface area contributed by atoms with E-state index in [1.165, 1.54) is 11.3 Å². The number of nitrogens with one attached hydrogen (secondary N) is 1. The highest BCUT2D eigenvalue weighted by Crippen LogP contribution is 2.25. The smallest absolute Gasteiger partial charge is 0.358 e. The number of hydrogen-bond donors (Lipinski definition) is 1. The first kappa shape index (κ1) is 21.7. The van der Waals surface area contributed by atoms with E-state index in [1.54, 1.807) is 41.0 Å². The number of aromatic nitrogens is 1. The summed E-state index contributed by atoms with van der Waals surface area (Å²) in [5.41, 5.74) is 1.99. The molecule has 1 aromatic carbocycles. The minimum atomic E-state index is -0.659. The van der Waals surface area contributed by atoms with Crippen molar-refractivity contribution in [2.75, 3.05) is 18.5 Å². The number of thiophene rings is 1. The van der Waals surface area contributed by atoms with Crippen LogP contribution in [0.25, 0.3) is 10.6 Å². The Morgan fingerprint density at radius 1 is 1.03 bits per heavy atom. The Kier molecular flexibility index (Phi) is 7.69. The first-order chi connectivity index (χ1) is 14.6. The van der Waals surface area contributed by atoms with E-state index in [0.717, 1.165) is 23.4 Å². The molecule has 0 aliphatic carbocycles. The minimum absolute atomic E-state index is 0.167. The van der Waals surface area contributed by atoms with Crippen LogP contribution >= 0.6 is 22.7 Å². The van der Waals surface area contributed by atoms with Gasteiger partial charge in [0, 0.05) is 22.0 Å². The predicted molar refractivity (Wildman–Crippen MR) is 116 cm³/mol. The summed E-state index contributed by atoms with van der Waals surface area (Å²) in [6.45, 7) is 1.96. The molecule has 7 nitrogen and oxygen atoms in total. The minimum Gasteiger partial charge on any atom is -0.462 e. The highest BCUT2D eigenvalue weighted by atomic mass is 32.1. The summed E-state index contributed by atoms with van der Waals surface area (Å²) in [4.78, 5) is 40.3. The quantitative estimate of drug-likeness (QED) is 0.382. The summed E-state index contributed by atoms with van der Waals surface area (Å²) in [5.74, 6) is -1.55. The predicted octanol–water partition coefficient (Wildman–Crippen LogP) is 4.62. The Morgan fingerprint density at radius 3 is 2.53 bits per heavy atom. The van der Waals surface area contributed by atoms with Gasteiger partial charge < -0.3 is 14.8 Å². The van der Waals surface area contributed by atoms with Gasteiger partial charge in [0.25, 0.3) is 5.91 Å². The average molecular weight is 445 g/mol. The number of anilines is 1. The van der Waals surface area contributed by atoms with Crippen LogP contribution in [-0.2, 0) is 14.3 Å². The third kappa shape index (κ3) is 5.98. The van der Waals surface area contributed by atoms with Gasteiger partial charge in [-0.1, -0.05) is 13.3 Å². The number of esters is 2. The highest BCUT2D eigenvalue weighted by Gasteiger charge is 2.15. The van der Waals surface area contributed by atoms with Crippen molar-refractivity contribution in [3.05, 3.63) is 57.7 Å². The number of thiazole rings is 1. The lowest BCUT2D eigenvalue weighted by Crippen LogP contribution is -2.21. The van der Waals surface area contributed by atoms with Crippen molar-refractivity contribution >= 4 is 46.2 Å². The molecule has 0 fully saturated rings. The van der Waals surface area contributed by atoms with Crippen LogP contribution in [0.1, 0.15) is 40.6 Å². The lowest BCUT2D eigenvalue weighted by atomic mass is 10.2. The lowest BCUT2D eigenvalue weighted by molar-refractivity contribution is -0.119. The van der Waals surface area contributed by atoms with E-state index in [0.29, 0.717) is 17.9 Å². The fraction of sp³-hybridized carbons (Fsp3) is 0.238. The molecule has 3 aromatic rings. The van der Waals surface area contributed by atoms with Gasteiger partial charge in [-0.15, -0.1) is 11.3 Å². The molecular weight excluding hydrogens is 424 g/mol. The maximum absolute atomic E-state index is 12.1. The maximum atomic E-state index is 12.1. The van der Waals surface area contributed by atoms with E-state index < -0.39 is 24.5 Å². The molecule has 0 saturated heterocycles. The van der Waals surface area contributed by atoms with E-state index >= 15 is 0 Å². The Labute approximate surface area is 181 Å². The van der Waals surface area contributed by atoms with E-state index in [2.05, 4.69) is 10.3 Å². The second kappa shape index (κ2) is 10.7. The molecule has 30 heavy (non-hydrogen) atoms. The summed E-state index contributed by atoms with van der Waals surface area (Å²) in [5, 5.41) is 8.81. The van der Waals surface area contributed by atoms with Gasteiger partial charge in [0.2, 0.25) is 0 Å². The second-order valence-electron chi connectivity index (χ2n) is 6.24. The Hall–Kier alpha value is -3.04. The largest absolute Gasteiger partial charge is 0.462 e. The summed E-state index contributed by atoms with van der Waals surface area (Å²) < 4.78 is 10.2. The molecule has 2 heterocycles. The van der Waals surface area contributed by atoms with E-state index in [1.807, 2.05) is 23.8 Å². The lowest BCUT2D eigenvalue weighted by Gasteiger charge is -2.07. The summed E-state index contributed by atoms with van der Waals surface area (Å²) >= 11 is 2.88. The van der Waals surface area contributed by atoms with Crippen LogP contribution in [0.3, 0.4) is 0 Å². The molecule has 0 unspecified atom stereocenters. The molecule has 3 rings (SSSR count). The van der Waals surface area contributed by atoms with Crippen LogP contribution in [0.15, 0.2) is 46.5 Å². The van der Waals surface area contributed by atoms with E-state index in [4.69, 9.17) is 9.47 Å². The molecule has 2 aromatic heterocycles. The normalized spacial score (nSPS) is 10.4. The maximum Gasteiger partial charge on any atom is 0.358 e. The number of benzene rings is 1. The molecule has 0 bridgehead atoms. The molecule has 0 aliphatic rings. The molecule has 1 N–H and O–H groups in total. The third-order valence-electron chi connectivity index (χ3n) is 3.95. The number of rotatable bonds is 9. The Bertz CT molecular complexity index is 997. The van der Waals surface area contributed by atoms with Crippen LogP contribution in [0.5, 0.6) is 0 Å². The molecule has 0 aliphatic heterocycles. The first-order valence-corrected chi connectivity index (χ1v) is 11.1. The van der Waals surface area contributed by atoms with Crippen LogP contribution in [0.4, 0.5) is 5.69 Å². The standard InChI is InChI=1S/C21H20N2O5S2/c1-2-3-9-27-20(25)14-4-6-16(7-5-14)22-18(24)11-28-21(26)17-13-30-19(23-17)15-8-10-29-12-15/h4-8,10,12-13H,2-3,9,11H2,1H3,(H,22,24). The molecule has 156 valence electrons. The fourth-order valence-corrected chi connectivity index (χ4v) is 3.87. The van der Waals surface area contributed by atoms with E-state index in [-0.39, 0.29) is 5.69 Å². The summed E-state index contributed by atoms with van der Waals surface area (Å²) in [6.07, 6.45) is 1.76. The number of nitrogens with zero attached hydrogens (tertiary/aromatic N) is 1. The zero-order chi connectivity index (χ0) is 21.3. The van der Waals surface area contributed by atoms with Crippen molar-refractivity contribution in [3.8, 4) is 10.6 Å². The number of amides is 1. The van der Waals surface area contributed by atoms with Crippen molar-refractivity contribution in [3.63, 3.8) is 0 Å². The molecular formula is C21H20N2O5S2. The van der Waals surface area contributed by atoms with E-state index in [9.17, 15) is 14.4 Å². The average Bonchev–Trinajstić information content (AvgIpc) is 3.44. The van der Waals surface area contributed by atoms with Crippen molar-refractivity contribution in [2.45, 2.75) is 19.8 Å². The molecule has 0 saturated carbocycles. The van der Waals surface area contributed by atoms with Crippen LogP contribution in [0, 0.1) is 0 Å². The van der Waals surface area contributed by atoms with Gasteiger partial charge in [-0.05, 0) is 42.1 Å². The van der Waals surface area contributed by atoms with Gasteiger partial charge in [0.05, 0.1) is 12.2 Å². The zero-order valence-corrected chi connectivity index (χ0v) is 17.9. The van der Waals surface area contributed by atoms with Gasteiger partial charge in [0.1, 0.15) is 5.01 Å². The van der Waals surface area contributed by atoms with Crippen molar-refractivity contribution in [1.29, 1.82) is 0 Å². The SMILES string of the molecule is CCCCOC(=O)c1ccc(NC(=O)COC(=O)c2csc(-c3ccsc3)n2)cc1. The van der Waals surface area contributed by atoms with Crippen molar-refractivity contribution < 1.29 is 23.9 Å². The highest BCUT2D eigenvalue weighted by molar-refractivity contribution is 7.14. The summed E-state index contributed by atoms with van der Waals surface area (Å²) in [7, 11) is 0. The fourth-order valence-electron chi connectivity index (χ4n) is 2.37. The molecule has 9 heteroatoms. The molecule has 1 amide bonds. The third-order valence-corrected chi connectivity index (χ3v) is 5.53. The number of hydrogen-bond acceptors (Lipinski definition) is 8. The number of unbranched alkanes of at least 4 members (excludes halogenated alkanes) is 1. The van der Waals surface area contributed by atoms with Crippen LogP contribution in [-0.4, -0.2) is 36.0 Å². The molecule has 0 spiro atoms. The van der Waals surface area contributed by atoms with Gasteiger partial charge in [0.15, 0.2) is 12.3 Å². The number of ether oxygens (including phenoxy) is 2. The number of carbonyl (C=O) groups excluding carboxylic acids is 3. The monoisotopic (exact) mass is 444 g/mol. The van der Waals surface area contributed by atoms with Crippen molar-refractivity contribution in [2.24, 2.45) is 0 Å². The van der Waals surface area contributed by atoms with Crippen molar-refractivity contribution in [1.82, 2.24) is 4.98 Å². The second-order valence-corrected chi connectivity index (χ2v) is 7.88. The summed E-state index contributed by atoms with van der Waals surface area (Å²) in [6, 6.07) is 8.23. The first-order valence-electron chi connectivity index (χ1n) is 9.29. The van der Waals surface area contributed by atoms with Gasteiger partial charge >= 0.3 is 11.9 Å². The molecule has 0 radical (unpaired) electrons. The van der Waals surface area contributed by atoms with Crippen LogP contribution < -0.4 is 5.32 Å². The van der Waals surface area contributed by atoms with Gasteiger partial charge in [-0.2, -0.15) is 11.3 Å². The topological polar surface area (TPSA) is 94.6 Å². The van der Waals surface area contributed by atoms with Gasteiger partial charge in [-0.3, -0.25) is 4.79 Å². The number of carbonyl (C=O) groups is 3. The Balaban J connectivity index is 1.46. The van der Waals surface area contributed by atoms with Crippen LogP contribution in [0.2, 0.25) is 0 Å². The molecule has 0 atom stereocenters. The Morgan fingerprint density at radius 2 is 1.83 bits per heavy atom. The van der Waals surface area contributed by atoms with Gasteiger partial charge in [-0.25, -0.2) is 14.6 Å².